The van der Waals surface area contributed by atoms with Crippen LogP contribution in [0.4, 0.5) is 0 Å². The molecular weight excluding hydrogens is 126 g/mol. The average Bonchev–Trinajstić information content (AvgIpc) is 2.39. The van der Waals surface area contributed by atoms with E-state index in [0.29, 0.717) is 0 Å². The molecule has 10 heavy (non-hydrogen) atoms. The molecule has 0 aromatic rings. The van der Waals surface area contributed by atoms with Gasteiger partial charge in [-0.15, -0.1) is 0 Å². The maximum Gasteiger partial charge on any atom is 0.143 e. The van der Waals surface area contributed by atoms with Gasteiger partial charge in [-0.1, -0.05) is 11.6 Å². The van der Waals surface area contributed by atoms with Crippen LogP contribution >= 0.6 is 0 Å². The average molecular weight is 138 g/mol. The van der Waals surface area contributed by atoms with E-state index in [2.05, 4.69) is 11.4 Å². The third-order valence-electron chi connectivity index (χ3n) is 2.47. The maximum atomic E-state index is 5.30. The molecule has 0 aromatic carbocycles. The lowest BCUT2D eigenvalue weighted by Gasteiger charge is -2.29. The quantitative estimate of drug-likeness (QED) is 0.501. The van der Waals surface area contributed by atoms with Gasteiger partial charge in [-0.25, -0.2) is 0 Å². The van der Waals surface area contributed by atoms with Crippen LogP contribution in [0.25, 0.3) is 0 Å². The molecule has 1 heterocycles. The molecule has 1 aliphatic carbocycles. The van der Waals surface area contributed by atoms with Crippen LogP contribution in [0.1, 0.15) is 38.5 Å². The van der Waals surface area contributed by atoms with Crippen molar-refractivity contribution in [2.24, 2.45) is 5.16 Å². The lowest BCUT2D eigenvalue weighted by atomic mass is 9.83. The second-order valence-corrected chi connectivity index (χ2v) is 3.26. The zero-order valence-corrected chi connectivity index (χ0v) is 6.10. The highest BCUT2D eigenvalue weighted by Crippen LogP contribution is 2.36. The molecule has 1 radical (unpaired) electrons. The third kappa shape index (κ3) is 0.917. The highest BCUT2D eigenvalue weighted by molar-refractivity contribution is 5.59. The van der Waals surface area contributed by atoms with Gasteiger partial charge in [0.25, 0.3) is 0 Å². The van der Waals surface area contributed by atoms with Crippen molar-refractivity contribution in [3.8, 4) is 0 Å². The van der Waals surface area contributed by atoms with E-state index in [9.17, 15) is 0 Å². The minimum atomic E-state index is 0.0955. The summed E-state index contributed by atoms with van der Waals surface area (Å²) in [5, 5.41) is 3.71. The molecule has 2 nitrogen and oxygen atoms in total. The summed E-state index contributed by atoms with van der Waals surface area (Å²) >= 11 is 0. The first-order valence-electron chi connectivity index (χ1n) is 4.02. The molecule has 2 rings (SSSR count). The first-order valence-corrected chi connectivity index (χ1v) is 4.02. The summed E-state index contributed by atoms with van der Waals surface area (Å²) in [5.74, 6) is 0. The predicted octanol–water partition coefficient (Wildman–Crippen LogP) is 1.97. The summed E-state index contributed by atoms with van der Waals surface area (Å²) in [6.07, 6.45) is 10.1. The van der Waals surface area contributed by atoms with Crippen LogP contribution in [0.5, 0.6) is 0 Å². The fraction of sp³-hybridized carbons (Fsp3) is 0.875. The molecule has 1 aliphatic heterocycles. The molecule has 0 bridgehead atoms. The monoisotopic (exact) mass is 138 g/mol. The smallest absolute Gasteiger partial charge is 0.143 e. The van der Waals surface area contributed by atoms with Crippen molar-refractivity contribution in [2.45, 2.75) is 44.1 Å². The van der Waals surface area contributed by atoms with Gasteiger partial charge in [-0.2, -0.15) is 0 Å². The largest absolute Gasteiger partial charge is 0.389 e. The van der Waals surface area contributed by atoms with E-state index < -0.39 is 0 Å². The summed E-state index contributed by atoms with van der Waals surface area (Å²) in [5.41, 5.74) is 0.0955. The highest BCUT2D eigenvalue weighted by Gasteiger charge is 2.36. The second-order valence-electron chi connectivity index (χ2n) is 3.26. The van der Waals surface area contributed by atoms with Crippen LogP contribution < -0.4 is 0 Å². The Morgan fingerprint density at radius 2 is 2.00 bits per heavy atom. The molecule has 55 valence electrons. The van der Waals surface area contributed by atoms with Gasteiger partial charge in [0.2, 0.25) is 0 Å². The van der Waals surface area contributed by atoms with E-state index >= 15 is 0 Å². The van der Waals surface area contributed by atoms with Crippen LogP contribution in [-0.4, -0.2) is 11.8 Å². The van der Waals surface area contributed by atoms with Gasteiger partial charge in [0.05, 0.1) is 0 Å². The normalized spacial score (nSPS) is 28.8. The van der Waals surface area contributed by atoms with Crippen molar-refractivity contribution in [3.05, 3.63) is 0 Å². The van der Waals surface area contributed by atoms with Gasteiger partial charge in [0.15, 0.2) is 0 Å². The Bertz CT molecular complexity index is 137. The van der Waals surface area contributed by atoms with Crippen LogP contribution in [-0.2, 0) is 4.84 Å². The van der Waals surface area contributed by atoms with E-state index in [1.165, 1.54) is 32.1 Å². The fourth-order valence-corrected chi connectivity index (χ4v) is 1.80. The number of nitrogens with zero attached hydrogens (tertiary/aromatic N) is 1. The van der Waals surface area contributed by atoms with Gasteiger partial charge in [0.1, 0.15) is 11.8 Å². The molecular formula is C8H12NO. The van der Waals surface area contributed by atoms with Gasteiger partial charge in [-0.05, 0) is 25.7 Å². The number of hydrogen-bond acceptors (Lipinski definition) is 2. The lowest BCUT2D eigenvalue weighted by molar-refractivity contribution is -0.0449. The summed E-state index contributed by atoms with van der Waals surface area (Å²) in [4.78, 5) is 5.30. The first-order chi connectivity index (χ1) is 4.91. The molecule has 2 aliphatic rings. The molecule has 1 fully saturated rings. The van der Waals surface area contributed by atoms with Gasteiger partial charge < -0.3 is 4.84 Å². The van der Waals surface area contributed by atoms with Crippen molar-refractivity contribution in [1.29, 1.82) is 0 Å². The van der Waals surface area contributed by atoms with Gasteiger partial charge in [-0.3, -0.25) is 0 Å². The molecule has 0 saturated heterocycles. The Morgan fingerprint density at radius 1 is 1.20 bits per heavy atom. The fourth-order valence-electron chi connectivity index (χ4n) is 1.80. The van der Waals surface area contributed by atoms with Gasteiger partial charge in [0, 0.05) is 6.42 Å². The molecule has 2 heteroatoms. The predicted molar refractivity (Wildman–Crippen MR) is 39.0 cm³/mol. The highest BCUT2D eigenvalue weighted by atomic mass is 16.7. The van der Waals surface area contributed by atoms with Crippen LogP contribution in [0.2, 0.25) is 0 Å². The molecule has 0 amide bonds. The molecule has 0 atom stereocenters. The third-order valence-corrected chi connectivity index (χ3v) is 2.47. The van der Waals surface area contributed by atoms with Crippen molar-refractivity contribution in [2.75, 3.05) is 0 Å². The summed E-state index contributed by atoms with van der Waals surface area (Å²) in [6, 6.07) is 0. The van der Waals surface area contributed by atoms with Crippen LogP contribution in [0, 0.1) is 0 Å². The zero-order valence-electron chi connectivity index (χ0n) is 6.10. The summed E-state index contributed by atoms with van der Waals surface area (Å²) in [6.45, 7) is 0. The second kappa shape index (κ2) is 2.26. The van der Waals surface area contributed by atoms with E-state index in [4.69, 9.17) is 4.84 Å². The minimum absolute atomic E-state index is 0.0955. The van der Waals surface area contributed by atoms with Crippen LogP contribution in [0.3, 0.4) is 0 Å². The van der Waals surface area contributed by atoms with E-state index in [1.807, 2.05) is 0 Å². The SMILES string of the molecule is [C]1=NOC2(C1)CCCCC2. The van der Waals surface area contributed by atoms with Gasteiger partial charge >= 0.3 is 0 Å². The van der Waals surface area contributed by atoms with Crippen molar-refractivity contribution in [1.82, 2.24) is 0 Å². The topological polar surface area (TPSA) is 21.6 Å². The number of hydrogen-bond donors (Lipinski definition) is 0. The van der Waals surface area contributed by atoms with E-state index in [1.54, 1.807) is 0 Å². The molecule has 0 N–H and O–H groups in total. The van der Waals surface area contributed by atoms with Crippen LogP contribution in [0.15, 0.2) is 5.16 Å². The minimum Gasteiger partial charge on any atom is -0.389 e. The van der Waals surface area contributed by atoms with Crippen molar-refractivity contribution in [3.63, 3.8) is 0 Å². The van der Waals surface area contributed by atoms with Crippen molar-refractivity contribution >= 4 is 6.21 Å². The molecule has 1 spiro atoms. The zero-order chi connectivity index (χ0) is 6.86. The van der Waals surface area contributed by atoms with E-state index in [-0.39, 0.29) is 5.60 Å². The Hall–Kier alpha value is -0.530. The number of rotatable bonds is 0. The summed E-state index contributed by atoms with van der Waals surface area (Å²) in [7, 11) is 0. The first kappa shape index (κ1) is 6.20. The van der Waals surface area contributed by atoms with Crippen molar-refractivity contribution < 1.29 is 4.84 Å². The standard InChI is InChI=1S/C8H12NO/c1-2-4-8(5-3-1)6-7-9-10-8/h1-6H2. The molecule has 0 unspecified atom stereocenters. The lowest BCUT2D eigenvalue weighted by Crippen LogP contribution is -2.30. The maximum absolute atomic E-state index is 5.30. The molecule has 0 aromatic heterocycles. The Kier molecular flexibility index (Phi) is 1.40. The summed E-state index contributed by atoms with van der Waals surface area (Å²) < 4.78 is 0. The Labute approximate surface area is 61.2 Å². The Balaban J connectivity index is 2.00. The molecule has 1 saturated carbocycles. The van der Waals surface area contributed by atoms with E-state index in [0.717, 1.165) is 6.42 Å². The Morgan fingerprint density at radius 3 is 2.60 bits per heavy atom.